The minimum atomic E-state index is 0.270. The number of amides is 1. The Kier molecular flexibility index (Phi) is 5.55. The Labute approximate surface area is 140 Å². The number of anilines is 1. The van der Waals surface area contributed by atoms with Crippen molar-refractivity contribution >= 4 is 11.6 Å². The van der Waals surface area contributed by atoms with E-state index in [0.29, 0.717) is 6.42 Å². The molecular formula is C19H29N3O. The maximum atomic E-state index is 12.4. The molecule has 2 aliphatic heterocycles. The molecule has 0 saturated carbocycles. The van der Waals surface area contributed by atoms with Crippen LogP contribution in [0.4, 0.5) is 5.69 Å². The van der Waals surface area contributed by atoms with Crippen molar-refractivity contribution < 1.29 is 4.79 Å². The van der Waals surface area contributed by atoms with E-state index < -0.39 is 0 Å². The van der Waals surface area contributed by atoms with E-state index in [1.54, 1.807) is 0 Å². The molecule has 0 atom stereocenters. The first-order valence-electron chi connectivity index (χ1n) is 9.10. The zero-order valence-electron chi connectivity index (χ0n) is 14.3. The van der Waals surface area contributed by atoms with Crippen LogP contribution in [-0.4, -0.2) is 61.5 Å². The van der Waals surface area contributed by atoms with Gasteiger partial charge in [-0.25, -0.2) is 0 Å². The normalized spacial score (nSPS) is 19.9. The molecular weight excluding hydrogens is 286 g/mol. The van der Waals surface area contributed by atoms with Crippen LogP contribution in [0.15, 0.2) is 24.3 Å². The molecule has 4 nitrogen and oxygen atoms in total. The maximum Gasteiger partial charge on any atom is 0.227 e. The van der Waals surface area contributed by atoms with Crippen LogP contribution in [0.2, 0.25) is 0 Å². The van der Waals surface area contributed by atoms with Gasteiger partial charge in [0.15, 0.2) is 0 Å². The molecule has 0 aliphatic carbocycles. The standard InChI is InChI=1S/C19H29N3O/c1-2-20-12-14-22(15-13-20)19(23)16-17-6-8-18(9-7-17)21-10-4-3-5-11-21/h6-9H,2-5,10-16H2,1H3. The van der Waals surface area contributed by atoms with E-state index in [1.807, 2.05) is 4.90 Å². The van der Waals surface area contributed by atoms with Crippen molar-refractivity contribution in [3.05, 3.63) is 29.8 Å². The highest BCUT2D eigenvalue weighted by Gasteiger charge is 2.20. The molecule has 126 valence electrons. The van der Waals surface area contributed by atoms with Gasteiger partial charge in [-0.2, -0.15) is 0 Å². The molecule has 0 unspecified atom stereocenters. The summed E-state index contributed by atoms with van der Waals surface area (Å²) in [7, 11) is 0. The third-order valence-corrected chi connectivity index (χ3v) is 5.19. The van der Waals surface area contributed by atoms with Crippen molar-refractivity contribution in [3.63, 3.8) is 0 Å². The fourth-order valence-corrected chi connectivity index (χ4v) is 3.58. The van der Waals surface area contributed by atoms with Gasteiger partial charge in [-0.1, -0.05) is 19.1 Å². The van der Waals surface area contributed by atoms with Crippen LogP contribution < -0.4 is 4.90 Å². The lowest BCUT2D eigenvalue weighted by Crippen LogP contribution is -2.48. The molecule has 2 saturated heterocycles. The summed E-state index contributed by atoms with van der Waals surface area (Å²) in [5, 5.41) is 0. The van der Waals surface area contributed by atoms with Crippen LogP contribution >= 0.6 is 0 Å². The number of piperazine rings is 1. The summed E-state index contributed by atoms with van der Waals surface area (Å²) in [5.41, 5.74) is 2.44. The zero-order valence-corrected chi connectivity index (χ0v) is 14.3. The topological polar surface area (TPSA) is 26.8 Å². The lowest BCUT2D eigenvalue weighted by Gasteiger charge is -2.34. The Morgan fingerprint density at radius 2 is 1.57 bits per heavy atom. The Morgan fingerprint density at radius 1 is 0.913 bits per heavy atom. The fraction of sp³-hybridized carbons (Fsp3) is 0.632. The second-order valence-corrected chi connectivity index (χ2v) is 6.71. The fourth-order valence-electron chi connectivity index (χ4n) is 3.58. The molecule has 0 bridgehead atoms. The number of rotatable bonds is 4. The number of carbonyl (C=O) groups excluding carboxylic acids is 1. The van der Waals surface area contributed by atoms with Crippen LogP contribution in [0.25, 0.3) is 0 Å². The highest BCUT2D eigenvalue weighted by molar-refractivity contribution is 5.79. The lowest BCUT2D eigenvalue weighted by molar-refractivity contribution is -0.132. The number of piperidine rings is 1. The average Bonchev–Trinajstić information content (AvgIpc) is 2.63. The van der Waals surface area contributed by atoms with E-state index in [1.165, 1.54) is 38.0 Å². The van der Waals surface area contributed by atoms with Gasteiger partial charge in [0.25, 0.3) is 0 Å². The van der Waals surface area contributed by atoms with E-state index in [0.717, 1.165) is 38.3 Å². The SMILES string of the molecule is CCN1CCN(C(=O)Cc2ccc(N3CCCCC3)cc2)CC1. The molecule has 1 amide bonds. The van der Waals surface area contributed by atoms with E-state index in [9.17, 15) is 4.79 Å². The van der Waals surface area contributed by atoms with Gasteiger partial charge in [-0.15, -0.1) is 0 Å². The van der Waals surface area contributed by atoms with Crippen LogP contribution in [0.1, 0.15) is 31.7 Å². The predicted octanol–water partition coefficient (Wildman–Crippen LogP) is 2.38. The molecule has 0 radical (unpaired) electrons. The van der Waals surface area contributed by atoms with Gasteiger partial charge in [0.2, 0.25) is 5.91 Å². The Bertz CT molecular complexity index is 500. The molecule has 2 aliphatic rings. The molecule has 2 fully saturated rings. The molecule has 0 spiro atoms. The van der Waals surface area contributed by atoms with Crippen LogP contribution in [0.3, 0.4) is 0 Å². The average molecular weight is 315 g/mol. The quantitative estimate of drug-likeness (QED) is 0.853. The van der Waals surface area contributed by atoms with Crippen LogP contribution in [0.5, 0.6) is 0 Å². The monoisotopic (exact) mass is 315 g/mol. The summed E-state index contributed by atoms with van der Waals surface area (Å²) in [5.74, 6) is 0.270. The molecule has 1 aromatic carbocycles. The number of benzene rings is 1. The first-order chi connectivity index (χ1) is 11.3. The summed E-state index contributed by atoms with van der Waals surface area (Å²) in [6, 6.07) is 8.63. The molecule has 2 heterocycles. The Morgan fingerprint density at radius 3 is 2.17 bits per heavy atom. The highest BCUT2D eigenvalue weighted by atomic mass is 16.2. The van der Waals surface area contributed by atoms with Crippen LogP contribution in [0, 0.1) is 0 Å². The smallest absolute Gasteiger partial charge is 0.227 e. The molecule has 0 N–H and O–H groups in total. The minimum Gasteiger partial charge on any atom is -0.372 e. The van der Waals surface area contributed by atoms with Gasteiger partial charge >= 0.3 is 0 Å². The van der Waals surface area contributed by atoms with Crippen molar-refractivity contribution in [2.45, 2.75) is 32.6 Å². The molecule has 3 rings (SSSR count). The van der Waals surface area contributed by atoms with Crippen LogP contribution in [-0.2, 0) is 11.2 Å². The van der Waals surface area contributed by atoms with Gasteiger partial charge in [-0.05, 0) is 43.5 Å². The summed E-state index contributed by atoms with van der Waals surface area (Å²) >= 11 is 0. The molecule has 0 aromatic heterocycles. The number of hydrogen-bond acceptors (Lipinski definition) is 3. The number of hydrogen-bond donors (Lipinski definition) is 0. The summed E-state index contributed by atoms with van der Waals surface area (Å²) < 4.78 is 0. The van der Waals surface area contributed by atoms with Gasteiger partial charge in [0.1, 0.15) is 0 Å². The van der Waals surface area contributed by atoms with Gasteiger partial charge in [-0.3, -0.25) is 4.79 Å². The Balaban J connectivity index is 1.52. The highest BCUT2D eigenvalue weighted by Crippen LogP contribution is 2.20. The van der Waals surface area contributed by atoms with E-state index in [4.69, 9.17) is 0 Å². The molecule has 4 heteroatoms. The van der Waals surface area contributed by atoms with E-state index in [2.05, 4.69) is 41.0 Å². The molecule has 23 heavy (non-hydrogen) atoms. The summed E-state index contributed by atoms with van der Waals surface area (Å²) in [4.78, 5) is 19.3. The maximum absolute atomic E-state index is 12.4. The van der Waals surface area contributed by atoms with Gasteiger partial charge in [0.05, 0.1) is 6.42 Å². The first-order valence-corrected chi connectivity index (χ1v) is 9.10. The Hall–Kier alpha value is -1.55. The predicted molar refractivity (Wildman–Crippen MR) is 94.9 cm³/mol. The number of nitrogens with zero attached hydrogens (tertiary/aromatic N) is 3. The van der Waals surface area contributed by atoms with E-state index in [-0.39, 0.29) is 5.91 Å². The number of carbonyl (C=O) groups is 1. The summed E-state index contributed by atoms with van der Waals surface area (Å²) in [6.07, 6.45) is 4.48. The van der Waals surface area contributed by atoms with Crippen molar-refractivity contribution in [2.75, 3.05) is 50.7 Å². The van der Waals surface area contributed by atoms with Crippen molar-refractivity contribution in [2.24, 2.45) is 0 Å². The molecule has 1 aromatic rings. The summed E-state index contributed by atoms with van der Waals surface area (Å²) in [6.45, 7) is 9.37. The van der Waals surface area contributed by atoms with Gasteiger partial charge in [0, 0.05) is 45.0 Å². The van der Waals surface area contributed by atoms with Crippen molar-refractivity contribution in [1.29, 1.82) is 0 Å². The number of likely N-dealkylation sites (N-methyl/N-ethyl adjacent to an activating group) is 1. The largest absolute Gasteiger partial charge is 0.372 e. The first kappa shape index (κ1) is 16.3. The third-order valence-electron chi connectivity index (χ3n) is 5.19. The van der Waals surface area contributed by atoms with Gasteiger partial charge < -0.3 is 14.7 Å². The minimum absolute atomic E-state index is 0.270. The lowest BCUT2D eigenvalue weighted by atomic mass is 10.1. The third kappa shape index (κ3) is 4.25. The van der Waals surface area contributed by atoms with E-state index >= 15 is 0 Å². The van der Waals surface area contributed by atoms with Crippen molar-refractivity contribution in [3.8, 4) is 0 Å². The second-order valence-electron chi connectivity index (χ2n) is 6.71. The zero-order chi connectivity index (χ0) is 16.1. The van der Waals surface area contributed by atoms with Crippen molar-refractivity contribution in [1.82, 2.24) is 9.80 Å². The second kappa shape index (κ2) is 7.82.